The van der Waals surface area contributed by atoms with Gasteiger partial charge in [-0.25, -0.2) is 19.3 Å². The van der Waals surface area contributed by atoms with Crippen molar-refractivity contribution < 1.29 is 17.6 Å². The van der Waals surface area contributed by atoms with Crippen LogP contribution < -0.4 is 15.8 Å². The highest BCUT2D eigenvalue weighted by atomic mass is 32.2. The van der Waals surface area contributed by atoms with E-state index in [4.69, 9.17) is 10.7 Å². The Morgan fingerprint density at radius 3 is 2.61 bits per heavy atom. The van der Waals surface area contributed by atoms with Gasteiger partial charge in [0, 0.05) is 41.3 Å². The van der Waals surface area contributed by atoms with Crippen LogP contribution in [0, 0.1) is 5.82 Å². The van der Waals surface area contributed by atoms with Crippen LogP contribution in [-0.4, -0.2) is 32.4 Å². The molecule has 38 heavy (non-hydrogen) atoms. The Morgan fingerprint density at radius 2 is 1.84 bits per heavy atom. The lowest BCUT2D eigenvalue weighted by atomic mass is 10.1. The van der Waals surface area contributed by atoms with Gasteiger partial charge >= 0.3 is 6.18 Å². The Hall–Kier alpha value is -3.68. The minimum absolute atomic E-state index is 0.0416. The lowest BCUT2D eigenvalue weighted by Crippen LogP contribution is -2.13. The highest BCUT2D eigenvalue weighted by Gasteiger charge is 2.29. The maximum absolute atomic E-state index is 13.8. The first-order chi connectivity index (χ1) is 18.3. The summed E-state index contributed by atoms with van der Waals surface area (Å²) in [6.07, 6.45) is -0.0688. The summed E-state index contributed by atoms with van der Waals surface area (Å²) in [5.74, 6) is -0.0512. The number of anilines is 2. The number of nitrogen functional groups attached to an aromatic ring is 1. The van der Waals surface area contributed by atoms with E-state index in [1.807, 2.05) is 16.0 Å². The van der Waals surface area contributed by atoms with Gasteiger partial charge in [-0.2, -0.15) is 13.2 Å². The van der Waals surface area contributed by atoms with Gasteiger partial charge in [-0.15, -0.1) is 11.3 Å². The Kier molecular flexibility index (Phi) is 7.49. The Bertz CT molecular complexity index is 1550. The molecule has 2 aromatic carbocycles. The van der Waals surface area contributed by atoms with Crippen molar-refractivity contribution >= 4 is 39.9 Å². The number of rotatable bonds is 9. The molecule has 4 N–H and O–H groups in total. The fourth-order valence-corrected chi connectivity index (χ4v) is 5.10. The third kappa shape index (κ3) is 5.74. The number of halogens is 4. The van der Waals surface area contributed by atoms with Crippen LogP contribution in [0.3, 0.4) is 0 Å². The largest absolute Gasteiger partial charge is 0.416 e. The zero-order valence-electron chi connectivity index (χ0n) is 19.7. The SMILES string of the molecule is Nc1cc(-c2nc3sccn3c2-c2ccnc(NCCCNSc3ccc(C(F)(F)F)cc3)n2)ccc1F. The van der Waals surface area contributed by atoms with Crippen molar-refractivity contribution in [1.29, 1.82) is 0 Å². The van der Waals surface area contributed by atoms with Crippen molar-refractivity contribution in [2.45, 2.75) is 17.5 Å². The Labute approximate surface area is 223 Å². The number of nitrogens with two attached hydrogens (primary N) is 1. The molecule has 0 radical (unpaired) electrons. The summed E-state index contributed by atoms with van der Waals surface area (Å²) < 4.78 is 56.8. The molecule has 0 saturated carbocycles. The van der Waals surface area contributed by atoms with E-state index in [1.54, 1.807) is 24.4 Å². The zero-order chi connectivity index (χ0) is 26.7. The predicted octanol–water partition coefficient (Wildman–Crippen LogP) is 6.36. The van der Waals surface area contributed by atoms with Gasteiger partial charge in [-0.05, 0) is 66.9 Å². The molecule has 196 valence electrons. The van der Waals surface area contributed by atoms with E-state index < -0.39 is 17.6 Å². The van der Waals surface area contributed by atoms with Crippen LogP contribution in [0.25, 0.3) is 27.6 Å². The quantitative estimate of drug-likeness (QED) is 0.0838. The van der Waals surface area contributed by atoms with Crippen molar-refractivity contribution in [1.82, 2.24) is 24.1 Å². The van der Waals surface area contributed by atoms with Crippen LogP contribution >= 0.6 is 23.3 Å². The van der Waals surface area contributed by atoms with Gasteiger partial charge in [0.1, 0.15) is 11.5 Å². The molecule has 3 aromatic heterocycles. The number of aromatic nitrogens is 4. The average molecular weight is 560 g/mol. The normalized spacial score (nSPS) is 11.8. The molecular weight excluding hydrogens is 538 g/mol. The Morgan fingerprint density at radius 1 is 1.03 bits per heavy atom. The number of nitrogens with zero attached hydrogens (tertiary/aromatic N) is 4. The van der Waals surface area contributed by atoms with E-state index in [2.05, 4.69) is 20.0 Å². The molecule has 5 rings (SSSR count). The maximum atomic E-state index is 13.8. The van der Waals surface area contributed by atoms with Crippen molar-refractivity contribution in [2.24, 2.45) is 0 Å². The molecule has 0 aliphatic heterocycles. The minimum Gasteiger partial charge on any atom is -0.396 e. The smallest absolute Gasteiger partial charge is 0.396 e. The lowest BCUT2D eigenvalue weighted by Gasteiger charge is -2.09. The summed E-state index contributed by atoms with van der Waals surface area (Å²) >= 11 is 2.75. The van der Waals surface area contributed by atoms with Gasteiger partial charge in [0.15, 0.2) is 4.96 Å². The van der Waals surface area contributed by atoms with Gasteiger partial charge in [-0.3, -0.25) is 9.12 Å². The second-order valence-electron chi connectivity index (χ2n) is 8.17. The Balaban J connectivity index is 1.21. The summed E-state index contributed by atoms with van der Waals surface area (Å²) in [7, 11) is 0. The lowest BCUT2D eigenvalue weighted by molar-refractivity contribution is -0.137. The number of imidazole rings is 1. The molecule has 0 saturated heterocycles. The second kappa shape index (κ2) is 11.0. The maximum Gasteiger partial charge on any atom is 0.416 e. The first-order valence-corrected chi connectivity index (χ1v) is 13.1. The number of hydrogen-bond acceptors (Lipinski definition) is 8. The highest BCUT2D eigenvalue weighted by Crippen LogP contribution is 2.35. The first-order valence-electron chi connectivity index (χ1n) is 11.4. The predicted molar refractivity (Wildman–Crippen MR) is 142 cm³/mol. The summed E-state index contributed by atoms with van der Waals surface area (Å²) in [5, 5.41) is 5.12. The molecule has 0 fully saturated rings. The number of nitrogens with one attached hydrogen (secondary N) is 2. The second-order valence-corrected chi connectivity index (χ2v) is 10.0. The molecule has 0 aliphatic rings. The van der Waals surface area contributed by atoms with Crippen LogP contribution in [0.2, 0.25) is 0 Å². The third-order valence-corrected chi connectivity index (χ3v) is 7.15. The number of hydrogen-bond donors (Lipinski definition) is 3. The highest BCUT2D eigenvalue weighted by molar-refractivity contribution is 7.97. The fraction of sp³-hybridized carbons (Fsp3) is 0.160. The fourth-order valence-electron chi connectivity index (χ4n) is 3.71. The molecule has 0 spiro atoms. The van der Waals surface area contributed by atoms with Gasteiger partial charge in [0.25, 0.3) is 0 Å². The summed E-state index contributed by atoms with van der Waals surface area (Å²) in [5.41, 5.74) is 7.87. The molecular formula is C25H21F4N7S2. The van der Waals surface area contributed by atoms with Crippen LogP contribution in [0.5, 0.6) is 0 Å². The van der Waals surface area contributed by atoms with Gasteiger partial charge in [-0.1, -0.05) is 0 Å². The van der Waals surface area contributed by atoms with Crippen molar-refractivity contribution in [3.05, 3.63) is 77.7 Å². The van der Waals surface area contributed by atoms with E-state index in [9.17, 15) is 17.6 Å². The number of alkyl halides is 3. The van der Waals surface area contributed by atoms with Crippen LogP contribution in [0.4, 0.5) is 29.2 Å². The standard InChI is InChI=1S/C25H21F4N7S2/c26-18-7-2-15(14-19(18)30)21-22(36-12-13-37-24(36)35-21)20-8-11-32-23(34-20)31-9-1-10-33-38-17-5-3-16(4-6-17)25(27,28)29/h2-8,11-14,33H,1,9-10,30H2,(H,31,32,34). The van der Waals surface area contributed by atoms with Crippen molar-refractivity contribution in [3.8, 4) is 22.6 Å². The number of benzene rings is 2. The topological polar surface area (TPSA) is 93.2 Å². The average Bonchev–Trinajstić information content (AvgIpc) is 3.49. The van der Waals surface area contributed by atoms with E-state index >= 15 is 0 Å². The minimum atomic E-state index is -4.34. The molecule has 0 amide bonds. The van der Waals surface area contributed by atoms with Crippen LogP contribution in [-0.2, 0) is 6.18 Å². The molecule has 7 nitrogen and oxygen atoms in total. The van der Waals surface area contributed by atoms with E-state index in [1.165, 1.54) is 41.5 Å². The molecule has 0 bridgehead atoms. The summed E-state index contributed by atoms with van der Waals surface area (Å²) in [4.78, 5) is 15.1. The first kappa shape index (κ1) is 25.9. The molecule has 5 aromatic rings. The van der Waals surface area contributed by atoms with E-state index in [0.29, 0.717) is 40.9 Å². The van der Waals surface area contributed by atoms with Crippen LogP contribution in [0.15, 0.2) is 71.2 Å². The zero-order valence-corrected chi connectivity index (χ0v) is 21.3. The van der Waals surface area contributed by atoms with Crippen LogP contribution in [0.1, 0.15) is 12.0 Å². The number of thiazole rings is 1. The molecule has 0 aliphatic carbocycles. The van der Waals surface area contributed by atoms with Crippen molar-refractivity contribution in [2.75, 3.05) is 24.1 Å². The monoisotopic (exact) mass is 559 g/mol. The van der Waals surface area contributed by atoms with Gasteiger partial charge in [0.05, 0.1) is 22.6 Å². The van der Waals surface area contributed by atoms with Gasteiger partial charge < -0.3 is 11.1 Å². The molecule has 0 unspecified atom stereocenters. The van der Waals surface area contributed by atoms with Gasteiger partial charge in [0.2, 0.25) is 5.95 Å². The van der Waals surface area contributed by atoms with E-state index in [-0.39, 0.29) is 5.69 Å². The third-order valence-electron chi connectivity index (χ3n) is 5.54. The number of fused-ring (bicyclic) bond motifs is 1. The summed E-state index contributed by atoms with van der Waals surface area (Å²) in [6, 6.07) is 11.3. The van der Waals surface area contributed by atoms with Crippen molar-refractivity contribution in [3.63, 3.8) is 0 Å². The molecule has 3 heterocycles. The molecule has 13 heteroatoms. The summed E-state index contributed by atoms with van der Waals surface area (Å²) in [6.45, 7) is 1.19. The molecule has 0 atom stereocenters. The van der Waals surface area contributed by atoms with E-state index in [0.717, 1.165) is 29.2 Å².